The largest absolute Gasteiger partial charge is 0.344 e. The highest BCUT2D eigenvalue weighted by atomic mass is 79.9. The molecule has 0 unspecified atom stereocenters. The zero-order valence-corrected chi connectivity index (χ0v) is 9.35. The van der Waals surface area contributed by atoms with Gasteiger partial charge in [-0.1, -0.05) is 43.6 Å². The first-order valence-electron chi connectivity index (χ1n) is 3.10. The first-order chi connectivity index (χ1) is 4.39. The predicted molar refractivity (Wildman–Crippen MR) is 58.1 cm³/mol. The molecule has 0 aromatic heterocycles. The molecule has 0 fully saturated rings. The molecule has 1 aromatic rings. The summed E-state index contributed by atoms with van der Waals surface area (Å²) in [4.78, 5) is 0. The minimum atomic E-state index is 0. The Kier molecular flexibility index (Phi) is 19.7. The van der Waals surface area contributed by atoms with Crippen LogP contribution in [0.1, 0.15) is 13.8 Å². The van der Waals surface area contributed by atoms with E-state index in [9.17, 15) is 0 Å². The lowest BCUT2D eigenvalue weighted by Crippen LogP contribution is -1.55. The number of halogens is 2. The summed E-state index contributed by atoms with van der Waals surface area (Å²) in [5.74, 6) is 0. The summed E-state index contributed by atoms with van der Waals surface area (Å²) in [7, 11) is 0. The monoisotopic (exact) mass is 239 g/mol. The van der Waals surface area contributed by atoms with E-state index in [1.165, 1.54) is 0 Å². The quantitative estimate of drug-likeness (QED) is 0.728. The van der Waals surface area contributed by atoms with Crippen LogP contribution >= 0.6 is 28.6 Å². The van der Waals surface area contributed by atoms with Crippen LogP contribution in [0.2, 0.25) is 5.02 Å². The molecule has 1 nitrogen and oxygen atoms in total. The van der Waals surface area contributed by atoms with Gasteiger partial charge >= 0.3 is 0 Å². The summed E-state index contributed by atoms with van der Waals surface area (Å²) >= 11 is 5.54. The Labute approximate surface area is 84.1 Å². The third-order valence-corrected chi connectivity index (χ3v) is 0.985. The van der Waals surface area contributed by atoms with Gasteiger partial charge in [-0.25, -0.2) is 0 Å². The Hall–Kier alpha value is -0.0500. The fourth-order valence-corrected chi connectivity index (χ4v) is 0.560. The van der Waals surface area contributed by atoms with Crippen LogP contribution < -0.4 is 6.15 Å². The van der Waals surface area contributed by atoms with Crippen LogP contribution in [-0.2, 0) is 0 Å². The second-order valence-corrected chi connectivity index (χ2v) is 1.73. The van der Waals surface area contributed by atoms with Gasteiger partial charge in [-0.05, 0) is 12.1 Å². The molecule has 0 radical (unpaired) electrons. The molecule has 0 amide bonds. The predicted octanol–water partition coefficient (Wildman–Crippen LogP) is 4.11. The molecule has 0 aliphatic rings. The van der Waals surface area contributed by atoms with Crippen molar-refractivity contribution in [2.24, 2.45) is 0 Å². The zero-order chi connectivity index (χ0) is 7.11. The number of hydrogen-bond donors (Lipinski definition) is 1. The van der Waals surface area contributed by atoms with Gasteiger partial charge in [0.05, 0.1) is 0 Å². The van der Waals surface area contributed by atoms with Gasteiger partial charge in [0.25, 0.3) is 0 Å². The zero-order valence-electron chi connectivity index (χ0n) is 6.88. The highest BCUT2D eigenvalue weighted by Gasteiger charge is 1.74. The van der Waals surface area contributed by atoms with E-state index in [0.29, 0.717) is 0 Å². The molecule has 1 aromatic carbocycles. The lowest BCUT2D eigenvalue weighted by Gasteiger charge is -1.80. The molecule has 3 N–H and O–H groups in total. The van der Waals surface area contributed by atoms with E-state index in [0.717, 1.165) is 5.02 Å². The molecular weight excluding hydrogens is 225 g/mol. The van der Waals surface area contributed by atoms with Gasteiger partial charge < -0.3 is 6.15 Å². The van der Waals surface area contributed by atoms with Gasteiger partial charge in [0, 0.05) is 5.02 Å². The van der Waals surface area contributed by atoms with E-state index >= 15 is 0 Å². The average Bonchev–Trinajstić information content (AvgIpc) is 1.94. The van der Waals surface area contributed by atoms with Gasteiger partial charge in [0.2, 0.25) is 0 Å². The topological polar surface area (TPSA) is 35.0 Å². The van der Waals surface area contributed by atoms with Crippen molar-refractivity contribution in [2.45, 2.75) is 13.8 Å². The van der Waals surface area contributed by atoms with Crippen molar-refractivity contribution in [3.8, 4) is 0 Å². The molecule has 11 heavy (non-hydrogen) atoms. The Bertz CT molecular complexity index is 144. The van der Waals surface area contributed by atoms with Crippen molar-refractivity contribution < 1.29 is 0 Å². The molecule has 66 valence electrons. The normalized spacial score (nSPS) is 6.09. The van der Waals surface area contributed by atoms with Gasteiger partial charge in [0.1, 0.15) is 0 Å². The van der Waals surface area contributed by atoms with Crippen molar-refractivity contribution in [1.82, 2.24) is 6.15 Å². The van der Waals surface area contributed by atoms with Crippen molar-refractivity contribution in [1.29, 1.82) is 0 Å². The van der Waals surface area contributed by atoms with Crippen LogP contribution in [0.15, 0.2) is 30.3 Å². The molecule has 0 bridgehead atoms. The van der Waals surface area contributed by atoms with E-state index in [2.05, 4.69) is 0 Å². The van der Waals surface area contributed by atoms with Crippen molar-refractivity contribution in [3.05, 3.63) is 35.4 Å². The number of benzene rings is 1. The van der Waals surface area contributed by atoms with Crippen LogP contribution in [0.3, 0.4) is 0 Å². The molecular formula is C8H15BrClN. The molecule has 1 rings (SSSR count). The van der Waals surface area contributed by atoms with E-state index in [4.69, 9.17) is 11.6 Å². The maximum absolute atomic E-state index is 5.54. The fourth-order valence-electron chi connectivity index (χ4n) is 0.415. The molecule has 0 spiro atoms. The lowest BCUT2D eigenvalue weighted by molar-refractivity contribution is 1.50. The summed E-state index contributed by atoms with van der Waals surface area (Å²) in [5.41, 5.74) is 0. The van der Waals surface area contributed by atoms with Crippen LogP contribution in [0.4, 0.5) is 0 Å². The highest BCUT2D eigenvalue weighted by molar-refractivity contribution is 8.93. The van der Waals surface area contributed by atoms with Gasteiger partial charge in [-0.2, -0.15) is 0 Å². The summed E-state index contributed by atoms with van der Waals surface area (Å²) in [6.07, 6.45) is 0. The second kappa shape index (κ2) is 12.6. The standard InChI is InChI=1S/C6H5Cl.C2H6.BrH.H3N/c7-6-4-2-1-3-5-6;1-2;;/h1-5H;1-2H3;1H;1H3. The third-order valence-electron chi connectivity index (χ3n) is 0.733. The highest BCUT2D eigenvalue weighted by Crippen LogP contribution is 2.03. The van der Waals surface area contributed by atoms with Crippen molar-refractivity contribution >= 4 is 28.6 Å². The minimum absolute atomic E-state index is 0. The average molecular weight is 241 g/mol. The third kappa shape index (κ3) is 9.95. The minimum Gasteiger partial charge on any atom is -0.344 e. The van der Waals surface area contributed by atoms with E-state index in [-0.39, 0.29) is 23.1 Å². The lowest BCUT2D eigenvalue weighted by atomic mass is 10.4. The van der Waals surface area contributed by atoms with Crippen LogP contribution in [0.5, 0.6) is 0 Å². The molecule has 0 aliphatic heterocycles. The molecule has 0 aliphatic carbocycles. The maximum Gasteiger partial charge on any atom is 0.0405 e. The van der Waals surface area contributed by atoms with Crippen LogP contribution in [0, 0.1) is 0 Å². The van der Waals surface area contributed by atoms with E-state index in [1.807, 2.05) is 44.2 Å². The first kappa shape index (κ1) is 17.2. The van der Waals surface area contributed by atoms with E-state index in [1.54, 1.807) is 0 Å². The summed E-state index contributed by atoms with van der Waals surface area (Å²) in [6, 6.07) is 9.44. The summed E-state index contributed by atoms with van der Waals surface area (Å²) in [5, 5.41) is 0.794. The Morgan fingerprint density at radius 1 is 1.00 bits per heavy atom. The smallest absolute Gasteiger partial charge is 0.0405 e. The SMILES string of the molecule is Br.CC.Clc1ccccc1.N. The van der Waals surface area contributed by atoms with Gasteiger partial charge in [-0.3, -0.25) is 0 Å². The summed E-state index contributed by atoms with van der Waals surface area (Å²) in [6.45, 7) is 4.00. The molecule has 0 saturated heterocycles. The first-order valence-corrected chi connectivity index (χ1v) is 3.48. The second-order valence-electron chi connectivity index (χ2n) is 1.30. The maximum atomic E-state index is 5.54. The van der Waals surface area contributed by atoms with Crippen LogP contribution in [-0.4, -0.2) is 0 Å². The summed E-state index contributed by atoms with van der Waals surface area (Å²) < 4.78 is 0. The van der Waals surface area contributed by atoms with Gasteiger partial charge in [0.15, 0.2) is 0 Å². The van der Waals surface area contributed by atoms with Crippen molar-refractivity contribution in [2.75, 3.05) is 0 Å². The van der Waals surface area contributed by atoms with Crippen molar-refractivity contribution in [3.63, 3.8) is 0 Å². The number of rotatable bonds is 0. The fraction of sp³-hybridized carbons (Fsp3) is 0.250. The molecule has 0 heterocycles. The van der Waals surface area contributed by atoms with E-state index < -0.39 is 0 Å². The molecule has 0 saturated carbocycles. The number of hydrogen-bond acceptors (Lipinski definition) is 1. The molecule has 0 atom stereocenters. The van der Waals surface area contributed by atoms with Gasteiger partial charge in [-0.15, -0.1) is 17.0 Å². The Balaban J connectivity index is -0.000000149. The molecule has 3 heteroatoms. The van der Waals surface area contributed by atoms with Crippen LogP contribution in [0.25, 0.3) is 0 Å². The Morgan fingerprint density at radius 3 is 1.55 bits per heavy atom. The Morgan fingerprint density at radius 2 is 1.36 bits per heavy atom.